The summed E-state index contributed by atoms with van der Waals surface area (Å²) in [6.45, 7) is 0.615. The molecule has 1 aliphatic heterocycles. The van der Waals surface area contributed by atoms with Crippen LogP contribution in [-0.4, -0.2) is 32.6 Å². The molecule has 0 spiro atoms. The number of halogens is 2. The van der Waals surface area contributed by atoms with Crippen LogP contribution < -0.4 is 5.32 Å². The molecular formula is C14H12ClFN4O2. The van der Waals surface area contributed by atoms with E-state index in [2.05, 4.69) is 15.3 Å². The minimum atomic E-state index is -0.981. The molecule has 8 heteroatoms. The summed E-state index contributed by atoms with van der Waals surface area (Å²) in [6, 6.07) is 4.23. The summed E-state index contributed by atoms with van der Waals surface area (Å²) in [4.78, 5) is 20.8. The number of carboxylic acid groups (broad SMARTS) is 1. The van der Waals surface area contributed by atoms with Crippen LogP contribution in [0.4, 0.5) is 20.7 Å². The Morgan fingerprint density at radius 2 is 2.23 bits per heavy atom. The van der Waals surface area contributed by atoms with Crippen molar-refractivity contribution in [3.8, 4) is 0 Å². The van der Waals surface area contributed by atoms with Crippen LogP contribution in [0, 0.1) is 5.82 Å². The molecule has 1 amide bonds. The maximum absolute atomic E-state index is 13.2. The summed E-state index contributed by atoms with van der Waals surface area (Å²) >= 11 is 5.75. The van der Waals surface area contributed by atoms with Crippen LogP contribution in [-0.2, 0) is 13.0 Å². The van der Waals surface area contributed by atoms with Crippen molar-refractivity contribution < 1.29 is 14.3 Å². The van der Waals surface area contributed by atoms with Gasteiger partial charge in [0.05, 0.1) is 17.3 Å². The van der Waals surface area contributed by atoms with Crippen molar-refractivity contribution in [3.63, 3.8) is 0 Å². The molecule has 2 aromatic rings. The van der Waals surface area contributed by atoms with Gasteiger partial charge in [0.25, 0.3) is 0 Å². The normalized spacial score (nSPS) is 13.6. The minimum Gasteiger partial charge on any atom is -0.465 e. The van der Waals surface area contributed by atoms with Crippen molar-refractivity contribution in [2.45, 2.75) is 13.0 Å². The zero-order chi connectivity index (χ0) is 15.7. The largest absolute Gasteiger partial charge is 0.465 e. The van der Waals surface area contributed by atoms with Gasteiger partial charge in [-0.1, -0.05) is 11.6 Å². The molecule has 0 saturated heterocycles. The number of nitrogens with one attached hydrogen (secondary N) is 1. The van der Waals surface area contributed by atoms with Crippen LogP contribution in [0.15, 0.2) is 24.5 Å². The van der Waals surface area contributed by atoms with E-state index in [1.165, 1.54) is 29.4 Å². The number of rotatable bonds is 2. The molecule has 0 radical (unpaired) electrons. The molecular weight excluding hydrogens is 311 g/mol. The van der Waals surface area contributed by atoms with Gasteiger partial charge in [0.2, 0.25) is 0 Å². The summed E-state index contributed by atoms with van der Waals surface area (Å²) in [5.74, 6) is -0.00684. The van der Waals surface area contributed by atoms with E-state index in [0.29, 0.717) is 24.5 Å². The summed E-state index contributed by atoms with van der Waals surface area (Å²) in [5.41, 5.74) is 2.10. The van der Waals surface area contributed by atoms with Crippen molar-refractivity contribution >= 4 is 29.2 Å². The van der Waals surface area contributed by atoms with Crippen molar-refractivity contribution in [2.75, 3.05) is 11.9 Å². The Morgan fingerprint density at radius 1 is 1.41 bits per heavy atom. The number of amides is 1. The van der Waals surface area contributed by atoms with Gasteiger partial charge in [-0.3, -0.25) is 0 Å². The molecule has 0 saturated carbocycles. The molecule has 22 heavy (non-hydrogen) atoms. The Kier molecular flexibility index (Phi) is 3.81. The number of hydrogen-bond donors (Lipinski definition) is 2. The van der Waals surface area contributed by atoms with E-state index in [1.807, 2.05) is 0 Å². The standard InChI is InChI=1S/C14H12ClFN4O2/c15-10-5-8(1-2-11(10)16)19-13-9-6-20(14(21)22)4-3-12(9)17-7-18-13/h1-2,5,7H,3-4,6H2,(H,21,22)(H,17,18,19). The number of anilines is 2. The van der Waals surface area contributed by atoms with Crippen LogP contribution in [0.1, 0.15) is 11.3 Å². The number of fused-ring (bicyclic) bond motifs is 1. The predicted molar refractivity (Wildman–Crippen MR) is 78.9 cm³/mol. The van der Waals surface area contributed by atoms with Gasteiger partial charge >= 0.3 is 6.09 Å². The SMILES string of the molecule is O=C(O)N1CCc2ncnc(Nc3ccc(F)c(Cl)c3)c2C1. The van der Waals surface area contributed by atoms with E-state index in [4.69, 9.17) is 16.7 Å². The van der Waals surface area contributed by atoms with Crippen LogP contribution >= 0.6 is 11.6 Å². The van der Waals surface area contributed by atoms with E-state index in [-0.39, 0.29) is 11.6 Å². The number of nitrogens with zero attached hydrogens (tertiary/aromatic N) is 3. The van der Waals surface area contributed by atoms with Gasteiger partial charge in [-0.2, -0.15) is 0 Å². The first kappa shape index (κ1) is 14.5. The average molecular weight is 323 g/mol. The van der Waals surface area contributed by atoms with E-state index in [1.54, 1.807) is 0 Å². The number of hydrogen-bond acceptors (Lipinski definition) is 4. The fraction of sp³-hybridized carbons (Fsp3) is 0.214. The lowest BCUT2D eigenvalue weighted by Crippen LogP contribution is -2.35. The first-order chi connectivity index (χ1) is 10.5. The highest BCUT2D eigenvalue weighted by molar-refractivity contribution is 6.31. The Hall–Kier alpha value is -2.41. The number of carbonyl (C=O) groups is 1. The second kappa shape index (κ2) is 5.76. The zero-order valence-corrected chi connectivity index (χ0v) is 12.1. The molecule has 0 bridgehead atoms. The van der Waals surface area contributed by atoms with Gasteiger partial charge in [0.15, 0.2) is 0 Å². The van der Waals surface area contributed by atoms with Gasteiger partial charge in [-0.05, 0) is 18.2 Å². The van der Waals surface area contributed by atoms with Crippen molar-refractivity contribution in [1.82, 2.24) is 14.9 Å². The molecule has 1 aromatic heterocycles. The monoisotopic (exact) mass is 322 g/mol. The third-order valence-corrected chi connectivity index (χ3v) is 3.74. The van der Waals surface area contributed by atoms with Gasteiger partial charge in [-0.25, -0.2) is 19.2 Å². The maximum atomic E-state index is 13.2. The van der Waals surface area contributed by atoms with Crippen LogP contribution in [0.25, 0.3) is 0 Å². The molecule has 0 fully saturated rings. The van der Waals surface area contributed by atoms with Gasteiger partial charge in [-0.15, -0.1) is 0 Å². The Labute approximate surface area is 130 Å². The van der Waals surface area contributed by atoms with Gasteiger partial charge in [0.1, 0.15) is 18.0 Å². The highest BCUT2D eigenvalue weighted by Crippen LogP contribution is 2.27. The molecule has 0 aliphatic carbocycles. The second-order valence-electron chi connectivity index (χ2n) is 4.86. The van der Waals surface area contributed by atoms with E-state index in [9.17, 15) is 9.18 Å². The average Bonchev–Trinajstić information content (AvgIpc) is 2.51. The third-order valence-electron chi connectivity index (χ3n) is 3.45. The van der Waals surface area contributed by atoms with Crippen LogP contribution in [0.5, 0.6) is 0 Å². The molecule has 1 aromatic carbocycles. The molecule has 2 N–H and O–H groups in total. The third kappa shape index (κ3) is 2.80. The number of aromatic nitrogens is 2. The molecule has 6 nitrogen and oxygen atoms in total. The van der Waals surface area contributed by atoms with Gasteiger partial charge < -0.3 is 15.3 Å². The first-order valence-electron chi connectivity index (χ1n) is 6.57. The molecule has 1 aliphatic rings. The number of benzene rings is 1. The topological polar surface area (TPSA) is 78.3 Å². The fourth-order valence-electron chi connectivity index (χ4n) is 2.32. The zero-order valence-electron chi connectivity index (χ0n) is 11.4. The quantitative estimate of drug-likeness (QED) is 0.888. The Balaban J connectivity index is 1.91. The lowest BCUT2D eigenvalue weighted by atomic mass is 10.1. The second-order valence-corrected chi connectivity index (χ2v) is 5.26. The molecule has 114 valence electrons. The van der Waals surface area contributed by atoms with E-state index >= 15 is 0 Å². The fourth-order valence-corrected chi connectivity index (χ4v) is 2.50. The Morgan fingerprint density at radius 3 is 2.95 bits per heavy atom. The minimum absolute atomic E-state index is 0.0000799. The highest BCUT2D eigenvalue weighted by atomic mass is 35.5. The van der Waals surface area contributed by atoms with Crippen molar-refractivity contribution in [1.29, 1.82) is 0 Å². The highest BCUT2D eigenvalue weighted by Gasteiger charge is 2.24. The lowest BCUT2D eigenvalue weighted by Gasteiger charge is -2.26. The van der Waals surface area contributed by atoms with E-state index in [0.717, 1.165) is 11.3 Å². The molecule has 3 rings (SSSR count). The molecule has 0 atom stereocenters. The Bertz CT molecular complexity index is 741. The lowest BCUT2D eigenvalue weighted by molar-refractivity contribution is 0.139. The van der Waals surface area contributed by atoms with Crippen LogP contribution in [0.2, 0.25) is 5.02 Å². The van der Waals surface area contributed by atoms with Gasteiger partial charge in [0, 0.05) is 24.2 Å². The molecule has 2 heterocycles. The van der Waals surface area contributed by atoms with E-state index < -0.39 is 11.9 Å². The summed E-state index contributed by atoms with van der Waals surface area (Å²) < 4.78 is 13.2. The predicted octanol–water partition coefficient (Wildman–Crippen LogP) is 3.05. The summed E-state index contributed by atoms with van der Waals surface area (Å²) in [5, 5.41) is 12.2. The summed E-state index contributed by atoms with van der Waals surface area (Å²) in [6.07, 6.45) is 0.969. The molecule has 0 unspecified atom stereocenters. The smallest absolute Gasteiger partial charge is 0.407 e. The maximum Gasteiger partial charge on any atom is 0.407 e. The summed E-state index contributed by atoms with van der Waals surface area (Å²) in [7, 11) is 0. The van der Waals surface area contributed by atoms with Crippen molar-refractivity contribution in [3.05, 3.63) is 46.6 Å². The van der Waals surface area contributed by atoms with Crippen molar-refractivity contribution in [2.24, 2.45) is 0 Å². The van der Waals surface area contributed by atoms with Crippen LogP contribution in [0.3, 0.4) is 0 Å². The first-order valence-corrected chi connectivity index (χ1v) is 6.95.